The first-order valence-electron chi connectivity index (χ1n) is 6.03. The molecule has 84 valence electrons. The summed E-state index contributed by atoms with van der Waals surface area (Å²) in [6, 6.07) is 1.97. The molecule has 3 nitrogen and oxygen atoms in total. The highest BCUT2D eigenvalue weighted by Crippen LogP contribution is 2.42. The molecule has 3 heteroatoms. The highest BCUT2D eigenvalue weighted by atomic mass is 15.3. The van der Waals surface area contributed by atoms with Gasteiger partial charge in [-0.05, 0) is 30.7 Å². The van der Waals surface area contributed by atoms with Crippen molar-refractivity contribution in [2.24, 2.45) is 5.41 Å². The zero-order valence-corrected chi connectivity index (χ0v) is 9.58. The van der Waals surface area contributed by atoms with Crippen molar-refractivity contribution < 1.29 is 0 Å². The van der Waals surface area contributed by atoms with E-state index in [2.05, 4.69) is 17.3 Å². The lowest BCUT2D eigenvalue weighted by Crippen LogP contribution is -2.40. The minimum absolute atomic E-state index is 0.629. The Morgan fingerprint density at radius 3 is 2.87 bits per heavy atom. The molecule has 1 heterocycles. The summed E-state index contributed by atoms with van der Waals surface area (Å²) >= 11 is 0. The van der Waals surface area contributed by atoms with Gasteiger partial charge in [-0.1, -0.05) is 13.3 Å². The zero-order chi connectivity index (χ0) is 10.6. The van der Waals surface area contributed by atoms with Crippen LogP contribution < -0.4 is 5.32 Å². The molecule has 1 aromatic rings. The molecule has 0 spiro atoms. The largest absolute Gasteiger partial charge is 0.314 e. The summed E-state index contributed by atoms with van der Waals surface area (Å²) in [4.78, 5) is 0. The molecule has 0 saturated heterocycles. The smallest absolute Gasteiger partial charge is 0.0533 e. The van der Waals surface area contributed by atoms with Crippen LogP contribution in [0.2, 0.25) is 0 Å². The summed E-state index contributed by atoms with van der Waals surface area (Å²) in [7, 11) is 0. The quantitative estimate of drug-likeness (QED) is 0.724. The van der Waals surface area contributed by atoms with E-state index in [9.17, 15) is 0 Å². The van der Waals surface area contributed by atoms with Gasteiger partial charge < -0.3 is 5.32 Å². The first-order valence-corrected chi connectivity index (χ1v) is 6.03. The normalized spacial score (nSPS) is 18.7. The third-order valence-electron chi connectivity index (χ3n) is 3.74. The van der Waals surface area contributed by atoms with Gasteiger partial charge in [0.2, 0.25) is 0 Å². The van der Waals surface area contributed by atoms with Crippen LogP contribution in [-0.2, 0) is 6.54 Å². The summed E-state index contributed by atoms with van der Waals surface area (Å²) in [5, 5.41) is 7.74. The maximum atomic E-state index is 4.18. The molecule has 0 atom stereocenters. The third kappa shape index (κ3) is 2.59. The Bertz CT molecular complexity index is 270. The molecule has 1 saturated carbocycles. The highest BCUT2D eigenvalue weighted by Gasteiger charge is 2.34. The van der Waals surface area contributed by atoms with E-state index in [-0.39, 0.29) is 0 Å². The van der Waals surface area contributed by atoms with Crippen LogP contribution in [0.25, 0.3) is 0 Å². The molecule has 0 aliphatic heterocycles. The Hall–Kier alpha value is -0.830. The summed E-state index contributed by atoms with van der Waals surface area (Å²) in [5.74, 6) is 0. The Kier molecular flexibility index (Phi) is 3.41. The van der Waals surface area contributed by atoms with E-state index < -0.39 is 0 Å². The van der Waals surface area contributed by atoms with Crippen molar-refractivity contribution in [3.05, 3.63) is 18.5 Å². The molecular formula is C12H21N3. The van der Waals surface area contributed by atoms with Crippen molar-refractivity contribution in [1.29, 1.82) is 0 Å². The van der Waals surface area contributed by atoms with Crippen LogP contribution in [-0.4, -0.2) is 22.9 Å². The van der Waals surface area contributed by atoms with Crippen LogP contribution in [0.15, 0.2) is 18.5 Å². The maximum absolute atomic E-state index is 4.18. The third-order valence-corrected chi connectivity index (χ3v) is 3.74. The zero-order valence-electron chi connectivity index (χ0n) is 9.58. The average Bonchev–Trinajstić information content (AvgIpc) is 2.68. The van der Waals surface area contributed by atoms with Crippen LogP contribution >= 0.6 is 0 Å². The van der Waals surface area contributed by atoms with Gasteiger partial charge >= 0.3 is 0 Å². The van der Waals surface area contributed by atoms with Gasteiger partial charge in [0.15, 0.2) is 0 Å². The highest BCUT2D eigenvalue weighted by molar-refractivity contribution is 4.88. The minimum Gasteiger partial charge on any atom is -0.314 e. The van der Waals surface area contributed by atoms with Crippen molar-refractivity contribution in [2.75, 3.05) is 13.1 Å². The van der Waals surface area contributed by atoms with Crippen LogP contribution in [0.1, 0.15) is 32.6 Å². The van der Waals surface area contributed by atoms with Gasteiger partial charge in [-0.3, -0.25) is 4.68 Å². The molecule has 2 rings (SSSR count). The Balaban J connectivity index is 1.62. The van der Waals surface area contributed by atoms with E-state index >= 15 is 0 Å². The second-order valence-electron chi connectivity index (χ2n) is 4.65. The average molecular weight is 207 g/mol. The Morgan fingerprint density at radius 1 is 1.47 bits per heavy atom. The number of rotatable bonds is 6. The molecule has 1 N–H and O–H groups in total. The number of hydrogen-bond acceptors (Lipinski definition) is 2. The predicted molar refractivity (Wildman–Crippen MR) is 61.7 cm³/mol. The van der Waals surface area contributed by atoms with Gasteiger partial charge in [0.05, 0.1) is 6.54 Å². The molecule has 0 aromatic carbocycles. The molecule has 1 aromatic heterocycles. The summed E-state index contributed by atoms with van der Waals surface area (Å²) in [5.41, 5.74) is 0.629. The lowest BCUT2D eigenvalue weighted by Gasteiger charge is -2.41. The van der Waals surface area contributed by atoms with Gasteiger partial charge in [0.1, 0.15) is 0 Å². The van der Waals surface area contributed by atoms with E-state index in [1.807, 2.05) is 23.1 Å². The molecule has 1 fully saturated rings. The Morgan fingerprint density at radius 2 is 2.33 bits per heavy atom. The summed E-state index contributed by atoms with van der Waals surface area (Å²) in [6.07, 6.45) is 9.42. The number of aromatic nitrogens is 2. The maximum Gasteiger partial charge on any atom is 0.0533 e. The monoisotopic (exact) mass is 207 g/mol. The van der Waals surface area contributed by atoms with Crippen LogP contribution in [0.4, 0.5) is 0 Å². The lowest BCUT2D eigenvalue weighted by molar-refractivity contribution is 0.124. The minimum atomic E-state index is 0.629. The van der Waals surface area contributed by atoms with E-state index in [0.717, 1.165) is 13.1 Å². The first-order chi connectivity index (χ1) is 7.35. The summed E-state index contributed by atoms with van der Waals surface area (Å²) < 4.78 is 1.98. The molecular weight excluding hydrogens is 186 g/mol. The van der Waals surface area contributed by atoms with E-state index in [4.69, 9.17) is 0 Å². The second kappa shape index (κ2) is 4.79. The summed E-state index contributed by atoms with van der Waals surface area (Å²) in [6.45, 7) is 5.51. The van der Waals surface area contributed by atoms with Crippen LogP contribution in [0.3, 0.4) is 0 Å². The van der Waals surface area contributed by atoms with Gasteiger partial charge in [-0.25, -0.2) is 0 Å². The lowest BCUT2D eigenvalue weighted by atomic mass is 9.67. The Labute approximate surface area is 91.9 Å². The van der Waals surface area contributed by atoms with Crippen LogP contribution in [0.5, 0.6) is 0 Å². The molecule has 15 heavy (non-hydrogen) atoms. The topological polar surface area (TPSA) is 29.9 Å². The first kappa shape index (κ1) is 10.7. The SMILES string of the molecule is CCC1(CNCCn2cccn2)CCC1. The molecule has 1 aliphatic rings. The van der Waals surface area contributed by atoms with E-state index in [1.54, 1.807) is 0 Å². The van der Waals surface area contributed by atoms with Crippen molar-refractivity contribution in [2.45, 2.75) is 39.2 Å². The number of nitrogens with zero attached hydrogens (tertiary/aromatic N) is 2. The molecule has 1 aliphatic carbocycles. The molecule has 0 unspecified atom stereocenters. The fourth-order valence-corrected chi connectivity index (χ4v) is 2.31. The number of nitrogens with one attached hydrogen (secondary N) is 1. The van der Waals surface area contributed by atoms with Crippen molar-refractivity contribution in [3.8, 4) is 0 Å². The van der Waals surface area contributed by atoms with Gasteiger partial charge in [0, 0.05) is 25.5 Å². The van der Waals surface area contributed by atoms with Gasteiger partial charge in [-0.15, -0.1) is 0 Å². The number of hydrogen-bond donors (Lipinski definition) is 1. The molecule has 0 radical (unpaired) electrons. The fourth-order valence-electron chi connectivity index (χ4n) is 2.31. The van der Waals surface area contributed by atoms with E-state index in [1.165, 1.54) is 32.2 Å². The predicted octanol–water partition coefficient (Wildman–Crippen LogP) is 2.05. The van der Waals surface area contributed by atoms with Gasteiger partial charge in [0.25, 0.3) is 0 Å². The van der Waals surface area contributed by atoms with Crippen molar-refractivity contribution in [3.63, 3.8) is 0 Å². The standard InChI is InChI=1S/C12H21N3/c1-2-12(5-3-6-12)11-13-8-10-15-9-4-7-14-15/h4,7,9,13H,2-3,5-6,8,10-11H2,1H3. The fraction of sp³-hybridized carbons (Fsp3) is 0.750. The molecule has 0 amide bonds. The molecule has 0 bridgehead atoms. The van der Waals surface area contributed by atoms with Crippen LogP contribution in [0, 0.1) is 5.41 Å². The van der Waals surface area contributed by atoms with Crippen molar-refractivity contribution >= 4 is 0 Å². The second-order valence-corrected chi connectivity index (χ2v) is 4.65. The van der Waals surface area contributed by atoms with Gasteiger partial charge in [-0.2, -0.15) is 5.10 Å². The van der Waals surface area contributed by atoms with E-state index in [0.29, 0.717) is 5.41 Å². The van der Waals surface area contributed by atoms with Crippen molar-refractivity contribution in [1.82, 2.24) is 15.1 Å².